The van der Waals surface area contributed by atoms with Crippen LogP contribution < -0.4 is 14.5 Å². The van der Waals surface area contributed by atoms with E-state index >= 15 is 0 Å². The molecule has 0 bridgehead atoms. The van der Waals surface area contributed by atoms with Gasteiger partial charge in [-0.25, -0.2) is 4.90 Å². The molecule has 2 saturated heterocycles. The van der Waals surface area contributed by atoms with Crippen molar-refractivity contribution in [2.75, 3.05) is 42.6 Å². The maximum Gasteiger partial charge on any atom is 0.269 e. The molecule has 2 fully saturated rings. The van der Waals surface area contributed by atoms with Crippen molar-refractivity contribution in [3.63, 3.8) is 0 Å². The van der Waals surface area contributed by atoms with E-state index < -0.39 is 11.0 Å². The van der Waals surface area contributed by atoms with E-state index in [1.807, 2.05) is 6.92 Å². The van der Waals surface area contributed by atoms with Crippen LogP contribution in [0.25, 0.3) is 0 Å². The van der Waals surface area contributed by atoms with Crippen LogP contribution in [0.4, 0.5) is 17.1 Å². The van der Waals surface area contributed by atoms with Crippen LogP contribution >= 0.6 is 0 Å². The summed E-state index contributed by atoms with van der Waals surface area (Å²) in [5, 5.41) is 10.8. The molecule has 0 saturated carbocycles. The Kier molecular flexibility index (Phi) is 5.85. The van der Waals surface area contributed by atoms with Gasteiger partial charge in [-0.2, -0.15) is 0 Å². The lowest BCUT2D eigenvalue weighted by Crippen LogP contribution is -2.52. The zero-order valence-electron chi connectivity index (χ0n) is 17.3. The molecule has 2 aliphatic rings. The summed E-state index contributed by atoms with van der Waals surface area (Å²) in [6, 6.07) is 13.0. The fourth-order valence-corrected chi connectivity index (χ4v) is 4.13. The van der Waals surface area contributed by atoms with Gasteiger partial charge < -0.3 is 9.64 Å². The summed E-state index contributed by atoms with van der Waals surface area (Å²) in [4.78, 5) is 41.6. The topological polar surface area (TPSA) is 96.2 Å². The van der Waals surface area contributed by atoms with Gasteiger partial charge in [0.2, 0.25) is 5.91 Å². The third-order valence-corrected chi connectivity index (χ3v) is 5.69. The molecule has 162 valence electrons. The van der Waals surface area contributed by atoms with Crippen LogP contribution in [-0.4, -0.2) is 60.5 Å². The number of carbonyl (C=O) groups excluding carboxylic acids is 2. The Morgan fingerprint density at radius 3 is 2.39 bits per heavy atom. The number of imide groups is 1. The van der Waals surface area contributed by atoms with Gasteiger partial charge in [0.1, 0.15) is 5.75 Å². The van der Waals surface area contributed by atoms with Crippen LogP contribution in [-0.2, 0) is 9.59 Å². The molecule has 0 aliphatic carbocycles. The zero-order chi connectivity index (χ0) is 22.0. The van der Waals surface area contributed by atoms with Gasteiger partial charge in [-0.15, -0.1) is 0 Å². The number of benzene rings is 2. The monoisotopic (exact) mass is 424 g/mol. The van der Waals surface area contributed by atoms with Gasteiger partial charge in [0.15, 0.2) is 0 Å². The SMILES string of the molecule is CCOc1cccc(N2C(=O)CC(N3CCN(c4ccc([N+](=O)[O-])cc4)CC3)C2=O)c1. The van der Waals surface area contributed by atoms with Crippen molar-refractivity contribution >= 4 is 28.9 Å². The van der Waals surface area contributed by atoms with Crippen LogP contribution in [0.1, 0.15) is 13.3 Å². The molecule has 2 aromatic rings. The molecule has 0 radical (unpaired) electrons. The van der Waals surface area contributed by atoms with Gasteiger partial charge in [-0.3, -0.25) is 24.6 Å². The first-order chi connectivity index (χ1) is 15.0. The Hall–Kier alpha value is -3.46. The van der Waals surface area contributed by atoms with Gasteiger partial charge in [0, 0.05) is 50.1 Å². The number of carbonyl (C=O) groups is 2. The molecular weight excluding hydrogens is 400 g/mol. The Balaban J connectivity index is 1.41. The van der Waals surface area contributed by atoms with Gasteiger partial charge in [-0.1, -0.05) is 6.07 Å². The van der Waals surface area contributed by atoms with E-state index in [1.54, 1.807) is 36.4 Å². The Morgan fingerprint density at radius 2 is 1.74 bits per heavy atom. The number of amides is 2. The van der Waals surface area contributed by atoms with Crippen LogP contribution in [0.2, 0.25) is 0 Å². The lowest BCUT2D eigenvalue weighted by Gasteiger charge is -2.38. The molecule has 1 atom stereocenters. The zero-order valence-corrected chi connectivity index (χ0v) is 17.3. The van der Waals surface area contributed by atoms with Crippen LogP contribution in [0.15, 0.2) is 48.5 Å². The highest BCUT2D eigenvalue weighted by atomic mass is 16.6. The summed E-state index contributed by atoms with van der Waals surface area (Å²) >= 11 is 0. The fourth-order valence-electron chi connectivity index (χ4n) is 4.13. The van der Waals surface area contributed by atoms with Crippen LogP contribution in [0, 0.1) is 10.1 Å². The number of anilines is 2. The molecule has 2 aromatic carbocycles. The quantitative estimate of drug-likeness (QED) is 0.399. The van der Waals surface area contributed by atoms with Gasteiger partial charge in [0.05, 0.1) is 29.7 Å². The van der Waals surface area contributed by atoms with E-state index in [4.69, 9.17) is 4.74 Å². The Labute approximate surface area is 179 Å². The largest absolute Gasteiger partial charge is 0.494 e. The summed E-state index contributed by atoms with van der Waals surface area (Å²) in [6.45, 7) is 5.00. The average molecular weight is 424 g/mol. The van der Waals surface area contributed by atoms with E-state index in [0.717, 1.165) is 5.69 Å². The van der Waals surface area contributed by atoms with Gasteiger partial charge >= 0.3 is 0 Å². The number of nitro benzene ring substituents is 1. The number of rotatable bonds is 6. The van der Waals surface area contributed by atoms with E-state index in [0.29, 0.717) is 44.2 Å². The Morgan fingerprint density at radius 1 is 1.03 bits per heavy atom. The minimum Gasteiger partial charge on any atom is -0.494 e. The minimum absolute atomic E-state index is 0.0611. The van der Waals surface area contributed by atoms with Gasteiger partial charge in [-0.05, 0) is 31.2 Å². The number of nitrogens with zero attached hydrogens (tertiary/aromatic N) is 4. The molecule has 2 aliphatic heterocycles. The van der Waals surface area contributed by atoms with E-state index in [-0.39, 0.29) is 23.9 Å². The van der Waals surface area contributed by atoms with Gasteiger partial charge in [0.25, 0.3) is 11.6 Å². The number of hydrogen-bond donors (Lipinski definition) is 0. The standard InChI is InChI=1S/C22H24N4O5/c1-2-31-19-5-3-4-18(14-19)25-21(27)15-20(22(25)28)24-12-10-23(11-13-24)16-6-8-17(9-7-16)26(29)30/h3-9,14,20H,2,10-13,15H2,1H3. The maximum atomic E-state index is 13.1. The fraction of sp³-hybridized carbons (Fsp3) is 0.364. The number of nitro groups is 1. The first kappa shape index (κ1) is 20.8. The summed E-state index contributed by atoms with van der Waals surface area (Å²) in [7, 11) is 0. The molecule has 2 heterocycles. The summed E-state index contributed by atoms with van der Waals surface area (Å²) in [5.74, 6) is 0.213. The molecule has 1 unspecified atom stereocenters. The molecular formula is C22H24N4O5. The molecule has 31 heavy (non-hydrogen) atoms. The highest BCUT2D eigenvalue weighted by Crippen LogP contribution is 2.29. The lowest BCUT2D eigenvalue weighted by atomic mass is 10.1. The normalized spacial score (nSPS) is 19.7. The molecule has 2 amide bonds. The van der Waals surface area contributed by atoms with Crippen molar-refractivity contribution in [3.05, 3.63) is 58.6 Å². The van der Waals surface area contributed by atoms with E-state index in [1.165, 1.54) is 17.0 Å². The first-order valence-electron chi connectivity index (χ1n) is 10.3. The first-order valence-corrected chi connectivity index (χ1v) is 10.3. The number of ether oxygens (including phenoxy) is 1. The summed E-state index contributed by atoms with van der Waals surface area (Å²) < 4.78 is 5.49. The van der Waals surface area contributed by atoms with E-state index in [2.05, 4.69) is 9.80 Å². The summed E-state index contributed by atoms with van der Waals surface area (Å²) in [5.41, 5.74) is 1.51. The molecule has 0 N–H and O–H groups in total. The second-order valence-corrected chi connectivity index (χ2v) is 7.51. The van der Waals surface area contributed by atoms with Crippen molar-refractivity contribution in [1.82, 2.24) is 4.90 Å². The lowest BCUT2D eigenvalue weighted by molar-refractivity contribution is -0.384. The minimum atomic E-state index is -0.470. The third-order valence-electron chi connectivity index (χ3n) is 5.69. The highest BCUT2D eigenvalue weighted by molar-refractivity contribution is 6.22. The van der Waals surface area contributed by atoms with Crippen LogP contribution in [0.5, 0.6) is 5.75 Å². The third kappa shape index (κ3) is 4.22. The highest BCUT2D eigenvalue weighted by Gasteiger charge is 2.43. The van der Waals surface area contributed by atoms with Crippen LogP contribution in [0.3, 0.4) is 0 Å². The van der Waals surface area contributed by atoms with Crippen molar-refractivity contribution in [2.45, 2.75) is 19.4 Å². The van der Waals surface area contributed by atoms with Crippen molar-refractivity contribution in [1.29, 1.82) is 0 Å². The smallest absolute Gasteiger partial charge is 0.269 e. The molecule has 9 heteroatoms. The summed E-state index contributed by atoms with van der Waals surface area (Å²) in [6.07, 6.45) is 0.162. The number of non-ortho nitro benzene ring substituents is 1. The molecule has 4 rings (SSSR count). The Bertz CT molecular complexity index is 986. The second-order valence-electron chi connectivity index (χ2n) is 7.51. The number of piperazine rings is 1. The van der Waals surface area contributed by atoms with E-state index in [9.17, 15) is 19.7 Å². The van der Waals surface area contributed by atoms with Crippen molar-refractivity contribution in [3.8, 4) is 5.75 Å². The predicted octanol–water partition coefficient (Wildman–Crippen LogP) is 2.45. The molecule has 0 aromatic heterocycles. The maximum absolute atomic E-state index is 13.1. The second kappa shape index (κ2) is 8.73. The predicted molar refractivity (Wildman–Crippen MR) is 115 cm³/mol. The molecule has 0 spiro atoms. The van der Waals surface area contributed by atoms with Crippen molar-refractivity contribution in [2.24, 2.45) is 0 Å². The average Bonchev–Trinajstić information content (AvgIpc) is 3.08. The number of hydrogen-bond acceptors (Lipinski definition) is 7. The van der Waals surface area contributed by atoms with Crippen molar-refractivity contribution < 1.29 is 19.2 Å². The molecule has 9 nitrogen and oxygen atoms in total.